The lowest BCUT2D eigenvalue weighted by molar-refractivity contribution is -0.132. The number of carbonyl (C=O) groups excluding carboxylic acids is 2. The second-order valence-electron chi connectivity index (χ2n) is 8.70. The Kier molecular flexibility index (Phi) is 6.68. The highest BCUT2D eigenvalue weighted by molar-refractivity contribution is 6.33. The third-order valence-electron chi connectivity index (χ3n) is 6.49. The number of hydrogen-bond acceptors (Lipinski definition) is 2. The summed E-state index contributed by atoms with van der Waals surface area (Å²) in [5.41, 5.74) is 4.76. The van der Waals surface area contributed by atoms with E-state index in [4.69, 9.17) is 11.6 Å². The number of aromatic amines is 1. The molecule has 2 N–H and O–H groups in total. The number of nitrogens with zero attached hydrogens (tertiary/aromatic N) is 1. The van der Waals surface area contributed by atoms with Gasteiger partial charge in [-0.2, -0.15) is 0 Å². The fourth-order valence-corrected chi connectivity index (χ4v) is 4.83. The van der Waals surface area contributed by atoms with Crippen LogP contribution in [0.1, 0.15) is 27.9 Å². The summed E-state index contributed by atoms with van der Waals surface area (Å²) in [4.78, 5) is 31.9. The van der Waals surface area contributed by atoms with Crippen LogP contribution in [0.25, 0.3) is 16.5 Å². The monoisotopic (exact) mass is 483 g/mol. The molecule has 0 saturated carbocycles. The number of nitrogens with one attached hydrogen (secondary N) is 2. The SMILES string of the molecule is O=C(N[C@@H](Cc1c[nH]c2ccccc12)C(=O)N1CC=C(c2ccccc2)CC1)c1ccccc1Cl. The van der Waals surface area contributed by atoms with Crippen molar-refractivity contribution in [1.82, 2.24) is 15.2 Å². The lowest BCUT2D eigenvalue weighted by Gasteiger charge is -2.30. The number of hydrogen-bond donors (Lipinski definition) is 2. The molecular weight excluding hydrogens is 458 g/mol. The molecule has 2 heterocycles. The van der Waals surface area contributed by atoms with Gasteiger partial charge in [-0.25, -0.2) is 0 Å². The van der Waals surface area contributed by atoms with Crippen LogP contribution < -0.4 is 5.32 Å². The number of rotatable bonds is 6. The summed E-state index contributed by atoms with van der Waals surface area (Å²) < 4.78 is 0. The summed E-state index contributed by atoms with van der Waals surface area (Å²) in [6.07, 6.45) is 5.17. The molecule has 5 rings (SSSR count). The number of benzene rings is 3. The van der Waals surface area contributed by atoms with Crippen LogP contribution >= 0.6 is 11.6 Å². The van der Waals surface area contributed by atoms with Crippen molar-refractivity contribution in [3.8, 4) is 0 Å². The van der Waals surface area contributed by atoms with Gasteiger partial charge in [0.15, 0.2) is 0 Å². The maximum absolute atomic E-state index is 13.7. The highest BCUT2D eigenvalue weighted by Crippen LogP contribution is 2.24. The number of carbonyl (C=O) groups is 2. The molecule has 1 aromatic heterocycles. The van der Waals surface area contributed by atoms with Crippen LogP contribution in [0.15, 0.2) is 91.1 Å². The summed E-state index contributed by atoms with van der Waals surface area (Å²) in [5, 5.41) is 4.37. The highest BCUT2D eigenvalue weighted by atomic mass is 35.5. The van der Waals surface area contributed by atoms with Crippen molar-refractivity contribution in [2.24, 2.45) is 0 Å². The molecule has 1 aliphatic heterocycles. The minimum atomic E-state index is -0.718. The van der Waals surface area contributed by atoms with Crippen LogP contribution in [0.4, 0.5) is 0 Å². The zero-order valence-electron chi connectivity index (χ0n) is 19.2. The molecule has 6 heteroatoms. The van der Waals surface area contributed by atoms with Gasteiger partial charge in [-0.1, -0.05) is 78.3 Å². The van der Waals surface area contributed by atoms with Crippen molar-refractivity contribution in [1.29, 1.82) is 0 Å². The Morgan fingerprint density at radius 3 is 2.49 bits per heavy atom. The molecule has 0 saturated heterocycles. The highest BCUT2D eigenvalue weighted by Gasteiger charge is 2.29. The number of para-hydroxylation sites is 1. The van der Waals surface area contributed by atoms with Gasteiger partial charge in [-0.05, 0) is 41.3 Å². The van der Waals surface area contributed by atoms with Gasteiger partial charge in [-0.3, -0.25) is 9.59 Å². The lowest BCUT2D eigenvalue weighted by Crippen LogP contribution is -2.50. The molecule has 0 spiro atoms. The van der Waals surface area contributed by atoms with Crippen molar-refractivity contribution in [2.45, 2.75) is 18.9 Å². The first-order chi connectivity index (χ1) is 17.1. The number of H-pyrrole nitrogens is 1. The number of aromatic nitrogens is 1. The fourth-order valence-electron chi connectivity index (χ4n) is 4.61. The smallest absolute Gasteiger partial charge is 0.253 e. The Labute approximate surface area is 209 Å². The van der Waals surface area contributed by atoms with Gasteiger partial charge in [0.1, 0.15) is 6.04 Å². The van der Waals surface area contributed by atoms with Crippen molar-refractivity contribution in [3.05, 3.63) is 113 Å². The Morgan fingerprint density at radius 2 is 1.71 bits per heavy atom. The average molecular weight is 484 g/mol. The zero-order chi connectivity index (χ0) is 24.2. The summed E-state index contributed by atoms with van der Waals surface area (Å²) in [6.45, 7) is 1.11. The van der Waals surface area contributed by atoms with E-state index in [-0.39, 0.29) is 11.8 Å². The third kappa shape index (κ3) is 5.00. The largest absolute Gasteiger partial charge is 0.361 e. The van der Waals surface area contributed by atoms with E-state index in [1.54, 1.807) is 24.3 Å². The minimum Gasteiger partial charge on any atom is -0.361 e. The molecule has 0 fully saturated rings. The molecular formula is C29H26ClN3O2. The number of amides is 2. The van der Waals surface area contributed by atoms with Crippen LogP contribution in [-0.2, 0) is 11.2 Å². The summed E-state index contributed by atoms with van der Waals surface area (Å²) in [6, 6.07) is 24.3. The van der Waals surface area contributed by atoms with Gasteiger partial charge < -0.3 is 15.2 Å². The molecule has 35 heavy (non-hydrogen) atoms. The van der Waals surface area contributed by atoms with Crippen LogP contribution in [0.3, 0.4) is 0 Å². The van der Waals surface area contributed by atoms with Gasteiger partial charge in [0.05, 0.1) is 10.6 Å². The van der Waals surface area contributed by atoms with E-state index < -0.39 is 6.04 Å². The van der Waals surface area contributed by atoms with E-state index in [0.29, 0.717) is 30.1 Å². The quantitative estimate of drug-likeness (QED) is 0.381. The van der Waals surface area contributed by atoms with E-state index in [9.17, 15) is 9.59 Å². The predicted octanol–water partition coefficient (Wildman–Crippen LogP) is 5.48. The standard InChI is InChI=1S/C29H26ClN3O2/c30-25-12-6-4-11-24(25)28(34)32-27(18-22-19-31-26-13-7-5-10-23(22)26)29(35)33-16-14-21(15-17-33)20-8-2-1-3-9-20/h1-14,19,27,31H,15-18H2,(H,32,34)/t27-/m0/s1. The second-order valence-corrected chi connectivity index (χ2v) is 9.11. The molecule has 5 nitrogen and oxygen atoms in total. The van der Waals surface area contributed by atoms with Crippen molar-refractivity contribution in [3.63, 3.8) is 0 Å². The third-order valence-corrected chi connectivity index (χ3v) is 6.82. The van der Waals surface area contributed by atoms with Gasteiger partial charge in [0, 0.05) is 36.6 Å². The fraction of sp³-hybridized carbons (Fsp3) is 0.172. The topological polar surface area (TPSA) is 65.2 Å². The average Bonchev–Trinajstić information content (AvgIpc) is 3.31. The Hall–Kier alpha value is -3.83. The molecule has 176 valence electrons. The first kappa shape index (κ1) is 22.9. The summed E-state index contributed by atoms with van der Waals surface area (Å²) in [7, 11) is 0. The summed E-state index contributed by atoms with van der Waals surface area (Å²) in [5.74, 6) is -0.453. The Balaban J connectivity index is 1.39. The molecule has 0 radical (unpaired) electrons. The minimum absolute atomic E-state index is 0.0981. The van der Waals surface area contributed by atoms with E-state index >= 15 is 0 Å². The Bertz CT molecular complexity index is 1390. The van der Waals surface area contributed by atoms with Gasteiger partial charge in [0.25, 0.3) is 5.91 Å². The predicted molar refractivity (Wildman–Crippen MR) is 140 cm³/mol. The molecule has 0 bridgehead atoms. The Morgan fingerprint density at radius 1 is 0.971 bits per heavy atom. The first-order valence-corrected chi connectivity index (χ1v) is 12.1. The lowest BCUT2D eigenvalue weighted by atomic mass is 9.98. The van der Waals surface area contributed by atoms with Gasteiger partial charge in [0.2, 0.25) is 5.91 Å². The second kappa shape index (κ2) is 10.2. The normalized spacial score (nSPS) is 14.4. The van der Waals surface area contributed by atoms with Crippen LogP contribution in [0.5, 0.6) is 0 Å². The zero-order valence-corrected chi connectivity index (χ0v) is 20.0. The first-order valence-electron chi connectivity index (χ1n) is 11.7. The van der Waals surface area contributed by atoms with Crippen molar-refractivity contribution < 1.29 is 9.59 Å². The molecule has 2 amide bonds. The van der Waals surface area contributed by atoms with Crippen LogP contribution in [0, 0.1) is 0 Å². The maximum atomic E-state index is 13.7. The van der Waals surface area contributed by atoms with Crippen molar-refractivity contribution in [2.75, 3.05) is 13.1 Å². The van der Waals surface area contributed by atoms with Crippen LogP contribution in [-0.4, -0.2) is 40.8 Å². The van der Waals surface area contributed by atoms with Gasteiger partial charge in [-0.15, -0.1) is 0 Å². The molecule has 3 aromatic carbocycles. The molecule has 1 aliphatic rings. The number of fused-ring (bicyclic) bond motifs is 1. The molecule has 0 unspecified atom stereocenters. The summed E-state index contributed by atoms with van der Waals surface area (Å²) >= 11 is 6.26. The molecule has 4 aromatic rings. The van der Waals surface area contributed by atoms with Crippen molar-refractivity contribution >= 4 is 39.9 Å². The van der Waals surface area contributed by atoms with E-state index in [1.807, 2.05) is 53.6 Å². The van der Waals surface area contributed by atoms with Crippen LogP contribution in [0.2, 0.25) is 5.02 Å². The van der Waals surface area contributed by atoms with Gasteiger partial charge >= 0.3 is 0 Å². The molecule has 1 atom stereocenters. The van der Waals surface area contributed by atoms with E-state index in [0.717, 1.165) is 22.9 Å². The van der Waals surface area contributed by atoms with E-state index in [1.165, 1.54) is 11.1 Å². The number of halogens is 1. The van der Waals surface area contributed by atoms with E-state index in [2.05, 4.69) is 28.5 Å². The molecule has 0 aliphatic carbocycles. The maximum Gasteiger partial charge on any atom is 0.253 e.